The van der Waals surface area contributed by atoms with E-state index >= 15 is 0 Å². The van der Waals surface area contributed by atoms with Crippen LogP contribution in [-0.2, 0) is 0 Å². The Hall–Kier alpha value is -1.68. The second-order valence-electron chi connectivity index (χ2n) is 4.72. The van der Waals surface area contributed by atoms with E-state index < -0.39 is 0 Å². The second kappa shape index (κ2) is 5.13. The monoisotopic (exact) mass is 272 g/mol. The van der Waals surface area contributed by atoms with Gasteiger partial charge in [-0.3, -0.25) is 0 Å². The SMILES string of the molecule is CCOc1ccccc1-c1cc(=S)nc(C2CC2)[nH]1. The van der Waals surface area contributed by atoms with Gasteiger partial charge in [0.1, 0.15) is 16.2 Å². The van der Waals surface area contributed by atoms with Gasteiger partial charge in [0.25, 0.3) is 0 Å². The zero-order valence-corrected chi connectivity index (χ0v) is 11.7. The second-order valence-corrected chi connectivity index (χ2v) is 5.14. The molecule has 0 spiro atoms. The molecule has 3 rings (SSSR count). The lowest BCUT2D eigenvalue weighted by Crippen LogP contribution is -1.98. The molecule has 0 unspecified atom stereocenters. The molecular weight excluding hydrogens is 256 g/mol. The molecule has 2 aromatic rings. The van der Waals surface area contributed by atoms with Gasteiger partial charge in [0.05, 0.1) is 12.3 Å². The Bertz CT molecular complexity index is 647. The Labute approximate surface area is 117 Å². The summed E-state index contributed by atoms with van der Waals surface area (Å²) in [6.45, 7) is 2.64. The van der Waals surface area contributed by atoms with Gasteiger partial charge in [-0.1, -0.05) is 24.4 Å². The van der Waals surface area contributed by atoms with Crippen molar-refractivity contribution in [2.45, 2.75) is 25.7 Å². The van der Waals surface area contributed by atoms with Crippen LogP contribution in [0.5, 0.6) is 5.75 Å². The molecule has 19 heavy (non-hydrogen) atoms. The summed E-state index contributed by atoms with van der Waals surface area (Å²) in [6.07, 6.45) is 2.41. The van der Waals surface area contributed by atoms with Crippen LogP contribution in [0, 0.1) is 4.64 Å². The third-order valence-electron chi connectivity index (χ3n) is 3.20. The number of aromatic nitrogens is 2. The standard InChI is InChI=1S/C15H16N2OS/c1-2-18-13-6-4-3-5-11(13)12-9-14(19)17-15(16-12)10-7-8-10/h3-6,9-10H,2,7-8H2,1H3,(H,16,17,19). The number of ether oxygens (including phenoxy) is 1. The number of hydrogen-bond donors (Lipinski definition) is 1. The first-order valence-electron chi connectivity index (χ1n) is 6.61. The third-order valence-corrected chi connectivity index (χ3v) is 3.41. The van der Waals surface area contributed by atoms with Crippen LogP contribution >= 0.6 is 12.2 Å². The predicted molar refractivity (Wildman–Crippen MR) is 78.0 cm³/mol. The van der Waals surface area contributed by atoms with E-state index in [1.807, 2.05) is 37.3 Å². The lowest BCUT2D eigenvalue weighted by atomic mass is 10.1. The number of nitrogens with one attached hydrogen (secondary N) is 1. The molecule has 98 valence electrons. The molecule has 1 N–H and O–H groups in total. The van der Waals surface area contributed by atoms with Crippen molar-refractivity contribution in [3.05, 3.63) is 40.8 Å². The highest BCUT2D eigenvalue weighted by Crippen LogP contribution is 2.39. The summed E-state index contributed by atoms with van der Waals surface area (Å²) in [5.74, 6) is 2.44. The Morgan fingerprint density at radius 1 is 1.37 bits per heavy atom. The molecule has 1 aliphatic rings. The Morgan fingerprint density at radius 2 is 2.16 bits per heavy atom. The number of benzene rings is 1. The Kier molecular flexibility index (Phi) is 3.34. The number of H-pyrrole nitrogens is 1. The summed E-state index contributed by atoms with van der Waals surface area (Å²) in [6, 6.07) is 9.91. The Balaban J connectivity index is 2.08. The third kappa shape index (κ3) is 2.68. The van der Waals surface area contributed by atoms with Crippen molar-refractivity contribution >= 4 is 12.2 Å². The minimum absolute atomic E-state index is 0.556. The van der Waals surface area contributed by atoms with Crippen molar-refractivity contribution in [2.24, 2.45) is 0 Å². The highest BCUT2D eigenvalue weighted by molar-refractivity contribution is 7.71. The van der Waals surface area contributed by atoms with E-state index in [9.17, 15) is 0 Å². The first kappa shape index (κ1) is 12.4. The smallest absolute Gasteiger partial charge is 0.130 e. The molecule has 0 saturated heterocycles. The number of nitrogens with zero attached hydrogens (tertiary/aromatic N) is 1. The zero-order valence-electron chi connectivity index (χ0n) is 10.8. The molecule has 1 aromatic carbocycles. The zero-order chi connectivity index (χ0) is 13.2. The van der Waals surface area contributed by atoms with E-state index in [0.29, 0.717) is 17.2 Å². The molecule has 1 aromatic heterocycles. The number of hydrogen-bond acceptors (Lipinski definition) is 3. The topological polar surface area (TPSA) is 37.9 Å². The van der Waals surface area contributed by atoms with Gasteiger partial charge in [0.15, 0.2) is 0 Å². The molecule has 3 nitrogen and oxygen atoms in total. The van der Waals surface area contributed by atoms with Gasteiger partial charge in [-0.25, -0.2) is 4.98 Å². The molecular formula is C15H16N2OS. The van der Waals surface area contributed by atoms with Crippen molar-refractivity contribution in [1.82, 2.24) is 9.97 Å². The summed E-state index contributed by atoms with van der Waals surface area (Å²) in [4.78, 5) is 7.82. The van der Waals surface area contributed by atoms with Crippen LogP contribution in [0.4, 0.5) is 0 Å². The van der Waals surface area contributed by atoms with Gasteiger partial charge >= 0.3 is 0 Å². The van der Waals surface area contributed by atoms with Gasteiger partial charge in [0, 0.05) is 11.5 Å². The highest BCUT2D eigenvalue weighted by atomic mass is 32.1. The van der Waals surface area contributed by atoms with Crippen molar-refractivity contribution in [3.63, 3.8) is 0 Å². The summed E-state index contributed by atoms with van der Waals surface area (Å²) in [7, 11) is 0. The minimum atomic E-state index is 0.556. The van der Waals surface area contributed by atoms with E-state index in [-0.39, 0.29) is 0 Å². The summed E-state index contributed by atoms with van der Waals surface area (Å²) in [5.41, 5.74) is 2.03. The minimum Gasteiger partial charge on any atom is -0.493 e. The molecule has 1 fully saturated rings. The van der Waals surface area contributed by atoms with E-state index in [1.54, 1.807) is 0 Å². The Morgan fingerprint density at radius 3 is 2.89 bits per heavy atom. The van der Waals surface area contributed by atoms with E-state index in [2.05, 4.69) is 9.97 Å². The van der Waals surface area contributed by atoms with Gasteiger partial charge in [0.2, 0.25) is 0 Å². The van der Waals surface area contributed by atoms with Crippen LogP contribution in [0.3, 0.4) is 0 Å². The molecule has 0 radical (unpaired) electrons. The maximum atomic E-state index is 5.67. The van der Waals surface area contributed by atoms with Crippen LogP contribution in [0.2, 0.25) is 0 Å². The van der Waals surface area contributed by atoms with Gasteiger partial charge in [-0.15, -0.1) is 0 Å². The predicted octanol–water partition coefficient (Wildman–Crippen LogP) is 4.08. The summed E-state index contributed by atoms with van der Waals surface area (Å²) in [5, 5.41) is 0. The summed E-state index contributed by atoms with van der Waals surface area (Å²) >= 11 is 5.27. The van der Waals surface area contributed by atoms with Crippen molar-refractivity contribution in [1.29, 1.82) is 0 Å². The van der Waals surface area contributed by atoms with E-state index in [0.717, 1.165) is 22.8 Å². The average molecular weight is 272 g/mol. The average Bonchev–Trinajstić information content (AvgIpc) is 3.23. The first-order chi connectivity index (χ1) is 9.28. The van der Waals surface area contributed by atoms with Gasteiger partial charge in [-0.05, 0) is 38.0 Å². The fourth-order valence-corrected chi connectivity index (χ4v) is 2.36. The maximum Gasteiger partial charge on any atom is 0.130 e. The van der Waals surface area contributed by atoms with E-state index in [4.69, 9.17) is 17.0 Å². The van der Waals surface area contributed by atoms with Gasteiger partial charge < -0.3 is 9.72 Å². The highest BCUT2D eigenvalue weighted by Gasteiger charge is 2.26. The van der Waals surface area contributed by atoms with Gasteiger partial charge in [-0.2, -0.15) is 0 Å². The van der Waals surface area contributed by atoms with Crippen LogP contribution in [0.25, 0.3) is 11.3 Å². The molecule has 4 heteroatoms. The fraction of sp³-hybridized carbons (Fsp3) is 0.333. The van der Waals surface area contributed by atoms with Crippen molar-refractivity contribution in [2.75, 3.05) is 6.61 Å². The normalized spacial score (nSPS) is 14.4. The number of aromatic amines is 1. The van der Waals surface area contributed by atoms with Crippen LogP contribution < -0.4 is 4.74 Å². The number of rotatable bonds is 4. The molecule has 0 aliphatic heterocycles. The van der Waals surface area contributed by atoms with Crippen molar-refractivity contribution < 1.29 is 4.74 Å². The van der Waals surface area contributed by atoms with Crippen molar-refractivity contribution in [3.8, 4) is 17.0 Å². The van der Waals surface area contributed by atoms with E-state index in [1.165, 1.54) is 12.8 Å². The molecule has 0 atom stereocenters. The molecule has 0 bridgehead atoms. The number of para-hydroxylation sites is 1. The molecule has 1 heterocycles. The first-order valence-corrected chi connectivity index (χ1v) is 7.02. The molecule has 1 saturated carbocycles. The van der Waals surface area contributed by atoms with Crippen LogP contribution in [0.15, 0.2) is 30.3 Å². The lowest BCUT2D eigenvalue weighted by Gasteiger charge is -2.11. The fourth-order valence-electron chi connectivity index (χ4n) is 2.14. The molecule has 1 aliphatic carbocycles. The molecule has 0 amide bonds. The van der Waals surface area contributed by atoms with Crippen LogP contribution in [0.1, 0.15) is 31.5 Å². The quantitative estimate of drug-likeness (QED) is 0.852. The lowest BCUT2D eigenvalue weighted by molar-refractivity contribution is 0.341. The van der Waals surface area contributed by atoms with Crippen LogP contribution in [-0.4, -0.2) is 16.6 Å². The largest absolute Gasteiger partial charge is 0.493 e. The summed E-state index contributed by atoms with van der Waals surface area (Å²) < 4.78 is 6.31. The maximum absolute atomic E-state index is 5.67.